The summed E-state index contributed by atoms with van der Waals surface area (Å²) in [6.45, 7) is 3.56. The number of nitrogens with zero attached hydrogens (tertiary/aromatic N) is 2. The second-order valence-corrected chi connectivity index (χ2v) is 8.97. The van der Waals surface area contributed by atoms with Crippen LogP contribution in [0.2, 0.25) is 0 Å². The van der Waals surface area contributed by atoms with Gasteiger partial charge in [0.05, 0.1) is 46.2 Å². The molecule has 2 aromatic rings. The van der Waals surface area contributed by atoms with Crippen molar-refractivity contribution in [3.8, 4) is 28.7 Å². The van der Waals surface area contributed by atoms with Crippen molar-refractivity contribution in [2.24, 2.45) is 0 Å². The van der Waals surface area contributed by atoms with Gasteiger partial charge in [-0.1, -0.05) is 0 Å². The fraction of sp³-hybridized carbons (Fsp3) is 0.407. The highest BCUT2D eigenvalue weighted by Gasteiger charge is 2.46. The van der Waals surface area contributed by atoms with E-state index >= 15 is 0 Å². The number of carbonyl (C=O) groups is 2. The van der Waals surface area contributed by atoms with Gasteiger partial charge in [0.15, 0.2) is 23.0 Å². The van der Waals surface area contributed by atoms with Crippen LogP contribution in [0.3, 0.4) is 0 Å². The van der Waals surface area contributed by atoms with Gasteiger partial charge >= 0.3 is 0 Å². The number of ether oxygens (including phenoxy) is 6. The molecule has 2 aromatic carbocycles. The zero-order valence-corrected chi connectivity index (χ0v) is 21.5. The van der Waals surface area contributed by atoms with Crippen molar-refractivity contribution in [3.63, 3.8) is 0 Å². The van der Waals surface area contributed by atoms with E-state index in [0.717, 1.165) is 13.1 Å². The summed E-state index contributed by atoms with van der Waals surface area (Å²) in [7, 11) is 4.47. The minimum Gasteiger partial charge on any atom is -0.507 e. The molecular formula is C27H30N2O9. The first-order valence-corrected chi connectivity index (χ1v) is 12.2. The maximum absolute atomic E-state index is 13.4. The number of fused-ring (bicyclic) bond motifs is 1. The molecule has 0 unspecified atom stereocenters. The van der Waals surface area contributed by atoms with Gasteiger partial charge in [-0.05, 0) is 35.9 Å². The van der Waals surface area contributed by atoms with Crippen LogP contribution in [0.5, 0.6) is 28.7 Å². The van der Waals surface area contributed by atoms with Crippen LogP contribution >= 0.6 is 0 Å². The highest BCUT2D eigenvalue weighted by Crippen LogP contribution is 2.46. The topological polar surface area (TPSA) is 116 Å². The summed E-state index contributed by atoms with van der Waals surface area (Å²) in [5, 5.41) is 11.4. The van der Waals surface area contributed by atoms with Crippen molar-refractivity contribution in [1.82, 2.24) is 9.80 Å². The lowest BCUT2D eigenvalue weighted by Gasteiger charge is -2.31. The maximum Gasteiger partial charge on any atom is 0.295 e. The summed E-state index contributed by atoms with van der Waals surface area (Å²) in [5.74, 6) is 0.301. The van der Waals surface area contributed by atoms with Crippen LogP contribution in [0, 0.1) is 0 Å². The quantitative estimate of drug-likeness (QED) is 0.312. The Labute approximate surface area is 220 Å². The number of morpholine rings is 1. The van der Waals surface area contributed by atoms with Crippen molar-refractivity contribution in [2.75, 3.05) is 67.5 Å². The number of rotatable bonds is 8. The Bertz CT molecular complexity index is 1240. The number of likely N-dealkylation sites (tertiary alicyclic amines) is 1. The van der Waals surface area contributed by atoms with E-state index in [1.54, 1.807) is 30.3 Å². The lowest BCUT2D eigenvalue weighted by molar-refractivity contribution is -0.140. The van der Waals surface area contributed by atoms with Crippen LogP contribution in [0.15, 0.2) is 35.9 Å². The number of amides is 1. The van der Waals surface area contributed by atoms with Gasteiger partial charge in [0.2, 0.25) is 12.5 Å². The standard InChI is InChI=1S/C27H30N2O9/c1-33-20-13-17(14-21(34-2)26(20)35-3)23-22(24(30)16-4-5-18-19(12-16)38-15-37-18)25(31)27(32)29(23)7-6-28-8-10-36-11-9-28/h4-5,12-14,23,30H,6-11,15H2,1-3H3/t23-/m0/s1. The molecule has 0 saturated carbocycles. The van der Waals surface area contributed by atoms with Crippen molar-refractivity contribution in [3.05, 3.63) is 47.0 Å². The second kappa shape index (κ2) is 10.8. The summed E-state index contributed by atoms with van der Waals surface area (Å²) < 4.78 is 32.7. The molecule has 0 aromatic heterocycles. The van der Waals surface area contributed by atoms with Gasteiger partial charge in [-0.15, -0.1) is 0 Å². The Balaban J connectivity index is 1.61. The molecule has 0 radical (unpaired) electrons. The van der Waals surface area contributed by atoms with E-state index < -0.39 is 17.7 Å². The SMILES string of the molecule is COc1cc([C@H]2C(=C(O)c3ccc4c(c3)OCO4)C(=O)C(=O)N2CCN2CCOCC2)cc(OC)c1OC. The van der Waals surface area contributed by atoms with Crippen LogP contribution in [-0.4, -0.2) is 94.1 Å². The molecule has 0 aliphatic carbocycles. The Morgan fingerprint density at radius 1 is 0.947 bits per heavy atom. The van der Waals surface area contributed by atoms with Gasteiger partial charge in [-0.25, -0.2) is 0 Å². The third kappa shape index (κ3) is 4.59. The van der Waals surface area contributed by atoms with E-state index in [1.165, 1.54) is 26.2 Å². The molecule has 11 heteroatoms. The van der Waals surface area contributed by atoms with Crippen molar-refractivity contribution in [2.45, 2.75) is 6.04 Å². The first-order chi connectivity index (χ1) is 18.5. The minimum atomic E-state index is -0.893. The van der Waals surface area contributed by atoms with E-state index in [4.69, 9.17) is 28.4 Å². The molecule has 2 fully saturated rings. The van der Waals surface area contributed by atoms with Gasteiger partial charge in [0.25, 0.3) is 11.7 Å². The van der Waals surface area contributed by atoms with Gasteiger partial charge in [-0.3, -0.25) is 14.5 Å². The number of Topliss-reactive ketones (excluding diaryl/α,β-unsaturated/α-hetero) is 1. The molecule has 0 spiro atoms. The molecule has 3 heterocycles. The van der Waals surface area contributed by atoms with E-state index in [9.17, 15) is 14.7 Å². The zero-order valence-electron chi connectivity index (χ0n) is 21.5. The summed E-state index contributed by atoms with van der Waals surface area (Å²) in [6, 6.07) is 7.34. The highest BCUT2D eigenvalue weighted by atomic mass is 16.7. The van der Waals surface area contributed by atoms with E-state index in [1.807, 2.05) is 0 Å². The predicted octanol–water partition coefficient (Wildman–Crippen LogP) is 2.20. The summed E-state index contributed by atoms with van der Waals surface area (Å²) in [5.41, 5.74) is 0.825. The number of carbonyl (C=O) groups excluding carboxylic acids is 2. The van der Waals surface area contributed by atoms with Gasteiger partial charge in [-0.2, -0.15) is 0 Å². The number of ketones is 1. The average Bonchev–Trinajstić information content (AvgIpc) is 3.52. The molecule has 0 bridgehead atoms. The number of hydrogen-bond donors (Lipinski definition) is 1. The Morgan fingerprint density at radius 2 is 1.63 bits per heavy atom. The first-order valence-electron chi connectivity index (χ1n) is 12.2. The summed E-state index contributed by atoms with van der Waals surface area (Å²) in [4.78, 5) is 30.5. The molecular weight excluding hydrogens is 496 g/mol. The smallest absolute Gasteiger partial charge is 0.295 e. The van der Waals surface area contributed by atoms with Crippen molar-refractivity contribution >= 4 is 17.4 Å². The highest BCUT2D eigenvalue weighted by molar-refractivity contribution is 6.46. The van der Waals surface area contributed by atoms with Crippen LogP contribution in [0.25, 0.3) is 5.76 Å². The first kappa shape index (κ1) is 25.7. The molecule has 5 rings (SSSR count). The molecule has 202 valence electrons. The Morgan fingerprint density at radius 3 is 2.29 bits per heavy atom. The van der Waals surface area contributed by atoms with E-state index in [-0.39, 0.29) is 24.7 Å². The maximum atomic E-state index is 13.4. The van der Waals surface area contributed by atoms with Crippen molar-refractivity contribution < 1.29 is 43.1 Å². The van der Waals surface area contributed by atoms with Crippen LogP contribution < -0.4 is 23.7 Å². The summed E-state index contributed by atoms with van der Waals surface area (Å²) >= 11 is 0. The average molecular weight is 527 g/mol. The number of methoxy groups -OCH3 is 3. The molecule has 38 heavy (non-hydrogen) atoms. The van der Waals surface area contributed by atoms with Gasteiger partial charge < -0.3 is 38.4 Å². The Hall–Kier alpha value is -3.96. The predicted molar refractivity (Wildman–Crippen MR) is 135 cm³/mol. The lowest BCUT2D eigenvalue weighted by Crippen LogP contribution is -2.42. The van der Waals surface area contributed by atoms with E-state index in [0.29, 0.717) is 59.6 Å². The Kier molecular flexibility index (Phi) is 7.30. The van der Waals surface area contributed by atoms with E-state index in [2.05, 4.69) is 4.90 Å². The summed E-state index contributed by atoms with van der Waals surface area (Å²) in [6.07, 6.45) is 0. The molecule has 11 nitrogen and oxygen atoms in total. The molecule has 3 aliphatic rings. The van der Waals surface area contributed by atoms with Gasteiger partial charge in [0.1, 0.15) is 5.76 Å². The fourth-order valence-electron chi connectivity index (χ4n) is 4.99. The third-order valence-corrected chi connectivity index (χ3v) is 6.95. The molecule has 1 amide bonds. The third-order valence-electron chi connectivity index (χ3n) is 6.95. The fourth-order valence-corrected chi connectivity index (χ4v) is 4.99. The number of aliphatic hydroxyl groups excluding tert-OH is 1. The van der Waals surface area contributed by atoms with Crippen LogP contribution in [0.1, 0.15) is 17.2 Å². The van der Waals surface area contributed by atoms with Gasteiger partial charge in [0, 0.05) is 31.7 Å². The number of hydrogen-bond acceptors (Lipinski definition) is 10. The second-order valence-electron chi connectivity index (χ2n) is 8.97. The number of aliphatic hydroxyl groups is 1. The number of benzene rings is 2. The normalized spacial score (nSPS) is 20.6. The molecule has 3 aliphatic heterocycles. The molecule has 2 saturated heterocycles. The molecule has 1 N–H and O–H groups in total. The van der Waals surface area contributed by atoms with Crippen LogP contribution in [-0.2, 0) is 14.3 Å². The van der Waals surface area contributed by atoms with Crippen molar-refractivity contribution in [1.29, 1.82) is 0 Å². The molecule has 1 atom stereocenters. The zero-order chi connectivity index (χ0) is 26.8. The lowest BCUT2D eigenvalue weighted by atomic mass is 9.94. The minimum absolute atomic E-state index is 0.0369. The van der Waals surface area contributed by atoms with Crippen LogP contribution in [0.4, 0.5) is 0 Å². The monoisotopic (exact) mass is 526 g/mol. The largest absolute Gasteiger partial charge is 0.507 e.